The molecule has 1 aliphatic carbocycles. The van der Waals surface area contributed by atoms with Crippen molar-refractivity contribution in [3.8, 4) is 11.5 Å². The third kappa shape index (κ3) is 1.84. The van der Waals surface area contributed by atoms with Gasteiger partial charge in [0.15, 0.2) is 5.82 Å². The molecular formula is C12H14N4O. The molecule has 1 saturated carbocycles. The van der Waals surface area contributed by atoms with Crippen LogP contribution in [0.1, 0.15) is 25.1 Å². The Morgan fingerprint density at radius 3 is 2.47 bits per heavy atom. The number of hydrogen-bond acceptors (Lipinski definition) is 5. The maximum absolute atomic E-state index is 5.73. The van der Waals surface area contributed by atoms with Crippen molar-refractivity contribution in [1.82, 2.24) is 10.1 Å². The summed E-state index contributed by atoms with van der Waals surface area (Å²) in [7, 11) is 0. The number of anilines is 2. The number of hydrogen-bond donors (Lipinski definition) is 2. The van der Waals surface area contributed by atoms with Gasteiger partial charge in [-0.25, -0.2) is 0 Å². The zero-order valence-corrected chi connectivity index (χ0v) is 9.55. The van der Waals surface area contributed by atoms with E-state index in [4.69, 9.17) is 16.0 Å². The predicted octanol–water partition coefficient (Wildman–Crippen LogP) is 2.02. The lowest BCUT2D eigenvalue weighted by Gasteiger charge is -1.99. The van der Waals surface area contributed by atoms with Gasteiger partial charge in [0.05, 0.1) is 0 Å². The van der Waals surface area contributed by atoms with Crippen molar-refractivity contribution in [2.75, 3.05) is 11.5 Å². The molecule has 1 aromatic carbocycles. The van der Waals surface area contributed by atoms with Gasteiger partial charge in [0.2, 0.25) is 0 Å². The second-order valence-corrected chi connectivity index (χ2v) is 4.67. The van der Waals surface area contributed by atoms with Gasteiger partial charge in [0, 0.05) is 22.9 Å². The van der Waals surface area contributed by atoms with Crippen molar-refractivity contribution in [1.29, 1.82) is 0 Å². The summed E-state index contributed by atoms with van der Waals surface area (Å²) in [5, 5.41) is 4.00. The van der Waals surface area contributed by atoms with Crippen LogP contribution in [0, 0.1) is 5.92 Å². The Morgan fingerprint density at radius 1 is 1.24 bits per heavy atom. The SMILES string of the molecule is CC1CC1c1noc(-c2cc(N)cc(N)c2)n1. The van der Waals surface area contributed by atoms with Gasteiger partial charge in [-0.05, 0) is 30.5 Å². The molecule has 0 saturated heterocycles. The van der Waals surface area contributed by atoms with Crippen LogP contribution in [0.3, 0.4) is 0 Å². The van der Waals surface area contributed by atoms with Crippen molar-refractivity contribution < 1.29 is 4.52 Å². The highest BCUT2D eigenvalue weighted by Crippen LogP contribution is 2.45. The number of nitrogens with zero attached hydrogens (tertiary/aromatic N) is 2. The molecule has 1 aromatic heterocycles. The fraction of sp³-hybridized carbons (Fsp3) is 0.333. The highest BCUT2D eigenvalue weighted by Gasteiger charge is 2.38. The topological polar surface area (TPSA) is 91.0 Å². The summed E-state index contributed by atoms with van der Waals surface area (Å²) in [6.07, 6.45) is 1.14. The number of nitrogens with two attached hydrogens (primary N) is 2. The van der Waals surface area contributed by atoms with Crippen molar-refractivity contribution in [3.63, 3.8) is 0 Å². The first kappa shape index (κ1) is 10.1. The molecule has 88 valence electrons. The van der Waals surface area contributed by atoms with Gasteiger partial charge in [0.25, 0.3) is 5.89 Å². The van der Waals surface area contributed by atoms with Crippen LogP contribution >= 0.6 is 0 Å². The average Bonchev–Trinajstić information content (AvgIpc) is 2.80. The lowest BCUT2D eigenvalue weighted by Crippen LogP contribution is -1.91. The third-order valence-electron chi connectivity index (χ3n) is 3.11. The maximum Gasteiger partial charge on any atom is 0.258 e. The molecule has 5 heteroatoms. The molecular weight excluding hydrogens is 216 g/mol. The van der Waals surface area contributed by atoms with E-state index in [2.05, 4.69) is 17.1 Å². The Hall–Kier alpha value is -2.04. The van der Waals surface area contributed by atoms with Crippen LogP contribution in [-0.4, -0.2) is 10.1 Å². The molecule has 3 rings (SSSR count). The van der Waals surface area contributed by atoms with E-state index in [-0.39, 0.29) is 0 Å². The van der Waals surface area contributed by atoms with Crippen molar-refractivity contribution in [2.24, 2.45) is 5.92 Å². The molecule has 0 aliphatic heterocycles. The van der Waals surface area contributed by atoms with Gasteiger partial charge in [-0.2, -0.15) is 4.98 Å². The quantitative estimate of drug-likeness (QED) is 0.770. The van der Waals surface area contributed by atoms with Crippen LogP contribution in [0.2, 0.25) is 0 Å². The maximum atomic E-state index is 5.73. The molecule has 4 N–H and O–H groups in total. The summed E-state index contributed by atoms with van der Waals surface area (Å²) in [4.78, 5) is 4.39. The van der Waals surface area contributed by atoms with Gasteiger partial charge < -0.3 is 16.0 Å². The molecule has 2 aromatic rings. The molecule has 2 unspecified atom stereocenters. The summed E-state index contributed by atoms with van der Waals surface area (Å²) < 4.78 is 5.24. The summed E-state index contributed by atoms with van der Waals surface area (Å²) in [6, 6.07) is 5.26. The number of rotatable bonds is 2. The van der Waals surface area contributed by atoms with E-state index in [9.17, 15) is 0 Å². The minimum atomic E-state index is 0.450. The van der Waals surface area contributed by atoms with Gasteiger partial charge in [-0.1, -0.05) is 12.1 Å². The monoisotopic (exact) mass is 230 g/mol. The third-order valence-corrected chi connectivity index (χ3v) is 3.11. The summed E-state index contributed by atoms with van der Waals surface area (Å²) >= 11 is 0. The Kier molecular flexibility index (Phi) is 2.07. The van der Waals surface area contributed by atoms with Gasteiger partial charge in [-0.15, -0.1) is 0 Å². The molecule has 1 aliphatic rings. The Morgan fingerprint density at radius 2 is 1.88 bits per heavy atom. The Labute approximate surface area is 98.8 Å². The first-order valence-corrected chi connectivity index (χ1v) is 5.63. The molecule has 0 bridgehead atoms. The van der Waals surface area contributed by atoms with Crippen LogP contribution < -0.4 is 11.5 Å². The second-order valence-electron chi connectivity index (χ2n) is 4.67. The molecule has 1 fully saturated rings. The van der Waals surface area contributed by atoms with E-state index in [1.165, 1.54) is 0 Å². The van der Waals surface area contributed by atoms with Gasteiger partial charge in [-0.3, -0.25) is 0 Å². The molecule has 17 heavy (non-hydrogen) atoms. The zero-order valence-electron chi connectivity index (χ0n) is 9.55. The van der Waals surface area contributed by atoms with Crippen LogP contribution in [0.15, 0.2) is 22.7 Å². The number of benzene rings is 1. The minimum absolute atomic E-state index is 0.450. The molecule has 0 amide bonds. The van der Waals surface area contributed by atoms with E-state index < -0.39 is 0 Å². The lowest BCUT2D eigenvalue weighted by atomic mass is 10.2. The smallest absolute Gasteiger partial charge is 0.258 e. The highest BCUT2D eigenvalue weighted by atomic mass is 16.5. The Bertz CT molecular complexity index is 543. The van der Waals surface area contributed by atoms with E-state index in [0.717, 1.165) is 17.8 Å². The molecule has 0 spiro atoms. The van der Waals surface area contributed by atoms with Gasteiger partial charge in [0.1, 0.15) is 0 Å². The van der Waals surface area contributed by atoms with E-state index in [1.807, 2.05) is 0 Å². The van der Waals surface area contributed by atoms with E-state index in [1.54, 1.807) is 18.2 Å². The van der Waals surface area contributed by atoms with Crippen LogP contribution in [-0.2, 0) is 0 Å². The van der Waals surface area contributed by atoms with Crippen LogP contribution in [0.5, 0.6) is 0 Å². The molecule has 1 heterocycles. The average molecular weight is 230 g/mol. The van der Waals surface area contributed by atoms with Crippen molar-refractivity contribution >= 4 is 11.4 Å². The number of nitrogen functional groups attached to an aromatic ring is 2. The van der Waals surface area contributed by atoms with Crippen molar-refractivity contribution in [2.45, 2.75) is 19.3 Å². The summed E-state index contributed by atoms with van der Waals surface area (Å²) in [6.45, 7) is 2.18. The van der Waals surface area contributed by atoms with E-state index >= 15 is 0 Å². The number of aromatic nitrogens is 2. The first-order chi connectivity index (χ1) is 8.13. The fourth-order valence-electron chi connectivity index (χ4n) is 1.98. The molecule has 2 atom stereocenters. The second kappa shape index (κ2) is 3.48. The zero-order chi connectivity index (χ0) is 12.0. The summed E-state index contributed by atoms with van der Waals surface area (Å²) in [5.41, 5.74) is 13.4. The lowest BCUT2D eigenvalue weighted by molar-refractivity contribution is 0.422. The van der Waals surface area contributed by atoms with Crippen LogP contribution in [0.25, 0.3) is 11.5 Å². The molecule has 5 nitrogen and oxygen atoms in total. The Balaban J connectivity index is 1.95. The molecule has 0 radical (unpaired) electrons. The summed E-state index contributed by atoms with van der Waals surface area (Å²) in [5.74, 6) is 2.38. The normalized spacial score (nSPS) is 22.6. The standard InChI is InChI=1S/C12H14N4O/c1-6-2-10(6)11-15-12(17-16-11)7-3-8(13)5-9(14)4-7/h3-6,10H,2,13-14H2,1H3. The highest BCUT2D eigenvalue weighted by molar-refractivity contribution is 5.67. The predicted molar refractivity (Wildman–Crippen MR) is 65.1 cm³/mol. The fourth-order valence-corrected chi connectivity index (χ4v) is 1.98. The minimum Gasteiger partial charge on any atom is -0.399 e. The van der Waals surface area contributed by atoms with Gasteiger partial charge >= 0.3 is 0 Å². The largest absolute Gasteiger partial charge is 0.399 e. The van der Waals surface area contributed by atoms with E-state index in [0.29, 0.717) is 29.1 Å². The van der Waals surface area contributed by atoms with Crippen LogP contribution in [0.4, 0.5) is 11.4 Å². The first-order valence-electron chi connectivity index (χ1n) is 5.63. The van der Waals surface area contributed by atoms with Crippen molar-refractivity contribution in [3.05, 3.63) is 24.0 Å².